The first-order chi connectivity index (χ1) is 9.16. The van der Waals surface area contributed by atoms with Crippen LogP contribution in [-0.4, -0.2) is 41.8 Å². The van der Waals surface area contributed by atoms with Crippen molar-refractivity contribution in [2.75, 3.05) is 33.0 Å². The van der Waals surface area contributed by atoms with E-state index >= 15 is 0 Å². The first-order valence-corrected chi connectivity index (χ1v) is 9.16. The van der Waals surface area contributed by atoms with Crippen LogP contribution in [0, 0.1) is 0 Å². The zero-order valence-corrected chi connectivity index (χ0v) is 14.4. The predicted octanol–water partition coefficient (Wildman–Crippen LogP) is 3.65. The molecule has 0 aromatic carbocycles. The Hall–Kier alpha value is -0.203. The molecule has 0 radical (unpaired) electrons. The fourth-order valence-electron chi connectivity index (χ4n) is 1.54. The highest BCUT2D eigenvalue weighted by molar-refractivity contribution is 6.60. The molecule has 0 N–H and O–H groups in total. The Bertz CT molecular complexity index is 171. The molecule has 0 atom stereocenters. The van der Waals surface area contributed by atoms with Crippen molar-refractivity contribution in [2.24, 2.45) is 0 Å². The lowest BCUT2D eigenvalue weighted by Crippen LogP contribution is -2.46. The van der Waals surface area contributed by atoms with Gasteiger partial charge in [-0.15, -0.1) is 6.58 Å². The van der Waals surface area contributed by atoms with Gasteiger partial charge in [0, 0.05) is 39.1 Å². The van der Waals surface area contributed by atoms with Gasteiger partial charge in [0.2, 0.25) is 0 Å². The summed E-state index contributed by atoms with van der Waals surface area (Å²) in [6.45, 7) is 16.6. The first kappa shape index (κ1) is 21.1. The number of ether oxygens (including phenoxy) is 1. The van der Waals surface area contributed by atoms with Crippen molar-refractivity contribution in [3.05, 3.63) is 12.7 Å². The molecule has 0 aliphatic rings. The molecule has 0 heterocycles. The molecule has 0 aromatic rings. The molecule has 0 unspecified atom stereocenters. The van der Waals surface area contributed by atoms with Crippen LogP contribution >= 0.6 is 0 Å². The average Bonchev–Trinajstić information content (AvgIpc) is 2.37. The van der Waals surface area contributed by atoms with Crippen molar-refractivity contribution in [2.45, 2.75) is 47.1 Å². The highest BCUT2D eigenvalue weighted by Crippen LogP contribution is 2.18. The van der Waals surface area contributed by atoms with Crippen molar-refractivity contribution in [3.63, 3.8) is 0 Å². The molecule has 0 saturated carbocycles. The van der Waals surface area contributed by atoms with Gasteiger partial charge in [0.1, 0.15) is 0 Å². The van der Waals surface area contributed by atoms with Crippen LogP contribution < -0.4 is 0 Å². The second-order valence-corrected chi connectivity index (χ2v) is 6.42. The van der Waals surface area contributed by atoms with E-state index < -0.39 is 8.80 Å². The maximum Gasteiger partial charge on any atom is 0.501 e. The van der Waals surface area contributed by atoms with E-state index in [4.69, 9.17) is 18.0 Å². The summed E-state index contributed by atoms with van der Waals surface area (Å²) in [5.74, 6) is 0. The van der Waals surface area contributed by atoms with Crippen LogP contribution in [0.15, 0.2) is 12.7 Å². The van der Waals surface area contributed by atoms with Crippen LogP contribution in [-0.2, 0) is 18.0 Å². The molecule has 116 valence electrons. The van der Waals surface area contributed by atoms with Crippen molar-refractivity contribution in [1.82, 2.24) is 0 Å². The minimum Gasteiger partial charge on any atom is -0.382 e. The van der Waals surface area contributed by atoms with Gasteiger partial charge in [0.15, 0.2) is 0 Å². The van der Waals surface area contributed by atoms with E-state index in [-0.39, 0.29) is 0 Å². The summed E-state index contributed by atoms with van der Waals surface area (Å²) in [6, 6.07) is 0.836. The summed E-state index contributed by atoms with van der Waals surface area (Å²) in [5.41, 5.74) is 0. The molecule has 0 aliphatic heterocycles. The van der Waals surface area contributed by atoms with Gasteiger partial charge in [-0.2, -0.15) is 0 Å². The van der Waals surface area contributed by atoms with E-state index in [0.717, 1.165) is 25.7 Å². The fraction of sp³-hybridized carbons (Fsp3) is 0.857. The van der Waals surface area contributed by atoms with E-state index in [0.29, 0.717) is 19.8 Å². The Kier molecular flexibility index (Phi) is 17.6. The summed E-state index contributed by atoms with van der Waals surface area (Å²) in [7, 11) is -2.43. The maximum atomic E-state index is 5.73. The van der Waals surface area contributed by atoms with Crippen molar-refractivity contribution in [3.8, 4) is 0 Å². The molecule has 0 aliphatic carbocycles. The summed E-state index contributed by atoms with van der Waals surface area (Å²) < 4.78 is 22.5. The normalized spacial score (nSPS) is 10.8. The number of allylic oxidation sites excluding steroid dienone is 1. The summed E-state index contributed by atoms with van der Waals surface area (Å²) in [6.07, 6.45) is 2.68. The van der Waals surface area contributed by atoms with Crippen molar-refractivity contribution >= 4 is 8.80 Å². The standard InChI is InChI=1S/C11H26O4Si.C3H6/c1-5-12-10-9-11-16(13-6-2,14-7-3)15-8-4;1-3-2/h5-11H2,1-4H3;3H,1H2,2H3. The Balaban J connectivity index is 0. The zero-order valence-electron chi connectivity index (χ0n) is 13.4. The fourth-order valence-corrected chi connectivity index (χ4v) is 4.12. The van der Waals surface area contributed by atoms with Gasteiger partial charge < -0.3 is 18.0 Å². The van der Waals surface area contributed by atoms with Crippen molar-refractivity contribution < 1.29 is 18.0 Å². The van der Waals surface area contributed by atoms with E-state index in [1.165, 1.54) is 0 Å². The third kappa shape index (κ3) is 12.6. The SMILES string of the molecule is C=CC.CCOCCC[Si](OCC)(OCC)OCC. The largest absolute Gasteiger partial charge is 0.501 e. The van der Waals surface area contributed by atoms with Crippen molar-refractivity contribution in [1.29, 1.82) is 0 Å². The number of hydrogen-bond donors (Lipinski definition) is 0. The highest BCUT2D eigenvalue weighted by atomic mass is 28.4. The van der Waals surface area contributed by atoms with Gasteiger partial charge in [-0.3, -0.25) is 0 Å². The van der Waals surface area contributed by atoms with Gasteiger partial charge in [0.25, 0.3) is 0 Å². The van der Waals surface area contributed by atoms with Crippen LogP contribution in [0.2, 0.25) is 6.04 Å². The minimum atomic E-state index is -2.43. The molecule has 0 rings (SSSR count). The Morgan fingerprint density at radius 2 is 1.32 bits per heavy atom. The maximum absolute atomic E-state index is 5.73. The lowest BCUT2D eigenvalue weighted by Gasteiger charge is -2.28. The van der Waals surface area contributed by atoms with Crippen LogP contribution in [0.4, 0.5) is 0 Å². The third-order valence-electron chi connectivity index (χ3n) is 2.07. The smallest absolute Gasteiger partial charge is 0.382 e. The monoisotopic (exact) mass is 292 g/mol. The molecule has 0 amide bonds. The molecular weight excluding hydrogens is 260 g/mol. The molecule has 0 bridgehead atoms. The van der Waals surface area contributed by atoms with Gasteiger partial charge in [-0.1, -0.05) is 6.08 Å². The second kappa shape index (κ2) is 15.9. The van der Waals surface area contributed by atoms with Crippen LogP contribution in [0.3, 0.4) is 0 Å². The van der Waals surface area contributed by atoms with Gasteiger partial charge in [-0.25, -0.2) is 0 Å². The van der Waals surface area contributed by atoms with Gasteiger partial charge in [-0.05, 0) is 41.0 Å². The Morgan fingerprint density at radius 3 is 1.63 bits per heavy atom. The predicted molar refractivity (Wildman–Crippen MR) is 82.4 cm³/mol. The molecule has 5 heteroatoms. The molecule has 0 spiro atoms. The number of rotatable bonds is 11. The van der Waals surface area contributed by atoms with E-state index in [1.807, 2.05) is 34.6 Å². The molecular formula is C14H32O4Si. The molecule has 0 saturated heterocycles. The lowest BCUT2D eigenvalue weighted by molar-refractivity contribution is 0.0666. The van der Waals surface area contributed by atoms with Crippen LogP contribution in [0.25, 0.3) is 0 Å². The topological polar surface area (TPSA) is 36.9 Å². The third-order valence-corrected chi connectivity index (χ3v) is 5.22. The number of hydrogen-bond acceptors (Lipinski definition) is 4. The molecule has 4 nitrogen and oxygen atoms in total. The van der Waals surface area contributed by atoms with E-state index in [9.17, 15) is 0 Å². The summed E-state index contributed by atoms with van der Waals surface area (Å²) in [4.78, 5) is 0. The van der Waals surface area contributed by atoms with Gasteiger partial charge in [0.05, 0.1) is 0 Å². The Labute approximate surface area is 120 Å². The average molecular weight is 292 g/mol. The Morgan fingerprint density at radius 1 is 0.895 bits per heavy atom. The molecule has 0 fully saturated rings. The van der Waals surface area contributed by atoms with Crippen LogP contribution in [0.1, 0.15) is 41.0 Å². The lowest BCUT2D eigenvalue weighted by atomic mass is 10.5. The zero-order chi connectivity index (χ0) is 15.0. The highest BCUT2D eigenvalue weighted by Gasteiger charge is 2.39. The van der Waals surface area contributed by atoms with Crippen LogP contribution in [0.5, 0.6) is 0 Å². The summed E-state index contributed by atoms with van der Waals surface area (Å²) in [5, 5.41) is 0. The molecule has 0 aromatic heterocycles. The van der Waals surface area contributed by atoms with E-state index in [1.54, 1.807) is 6.08 Å². The van der Waals surface area contributed by atoms with Gasteiger partial charge >= 0.3 is 8.80 Å². The minimum absolute atomic E-state index is 0.640. The summed E-state index contributed by atoms with van der Waals surface area (Å²) >= 11 is 0. The van der Waals surface area contributed by atoms with E-state index in [2.05, 4.69) is 6.58 Å². The molecule has 19 heavy (non-hydrogen) atoms. The quantitative estimate of drug-likeness (QED) is 0.331. The second-order valence-electron chi connectivity index (χ2n) is 3.69. The first-order valence-electron chi connectivity index (χ1n) is 7.22.